The van der Waals surface area contributed by atoms with Crippen LogP contribution >= 0.6 is 0 Å². The summed E-state index contributed by atoms with van der Waals surface area (Å²) >= 11 is 0. The number of rotatable bonds is 7. The molecule has 2 aromatic rings. The second-order valence-corrected chi connectivity index (χ2v) is 6.40. The number of benzene rings is 1. The summed E-state index contributed by atoms with van der Waals surface area (Å²) in [6.07, 6.45) is 1.41. The number of amides is 1. The van der Waals surface area contributed by atoms with Crippen molar-refractivity contribution in [2.24, 2.45) is 0 Å². The van der Waals surface area contributed by atoms with Gasteiger partial charge in [-0.25, -0.2) is 18.1 Å². The van der Waals surface area contributed by atoms with Crippen LogP contribution in [0.1, 0.15) is 0 Å². The van der Waals surface area contributed by atoms with Gasteiger partial charge in [-0.1, -0.05) is 0 Å². The van der Waals surface area contributed by atoms with Gasteiger partial charge >= 0.3 is 0 Å². The average Bonchev–Trinajstić information content (AvgIpc) is 2.61. The van der Waals surface area contributed by atoms with Gasteiger partial charge in [-0.05, 0) is 30.3 Å². The lowest BCUT2D eigenvalue weighted by Gasteiger charge is -2.08. The summed E-state index contributed by atoms with van der Waals surface area (Å²) in [5.41, 5.74) is 0.435. The third kappa shape index (κ3) is 4.67. The number of aromatic nitrogens is 1. The molecule has 1 amide bonds. The molecule has 0 saturated heterocycles. The van der Waals surface area contributed by atoms with Crippen molar-refractivity contribution in [3.05, 3.63) is 42.6 Å². The van der Waals surface area contributed by atoms with Gasteiger partial charge in [0, 0.05) is 6.07 Å². The van der Waals surface area contributed by atoms with Gasteiger partial charge < -0.3 is 14.8 Å². The van der Waals surface area contributed by atoms with E-state index in [1.54, 1.807) is 12.1 Å². The minimum atomic E-state index is -3.79. The molecule has 0 aliphatic heterocycles. The highest BCUT2D eigenvalue weighted by Gasteiger charge is 2.15. The maximum absolute atomic E-state index is 12.1. The molecule has 24 heavy (non-hydrogen) atoms. The van der Waals surface area contributed by atoms with Crippen LogP contribution in [0.3, 0.4) is 0 Å². The highest BCUT2D eigenvalue weighted by atomic mass is 32.2. The average molecular weight is 351 g/mol. The predicted octanol–water partition coefficient (Wildman–Crippen LogP) is 1.02. The van der Waals surface area contributed by atoms with E-state index in [9.17, 15) is 13.2 Å². The summed E-state index contributed by atoms with van der Waals surface area (Å²) in [7, 11) is -0.818. The lowest BCUT2D eigenvalue weighted by molar-refractivity contribution is -0.115. The highest BCUT2D eigenvalue weighted by molar-refractivity contribution is 7.89. The molecule has 0 atom stereocenters. The van der Waals surface area contributed by atoms with E-state index in [0.717, 1.165) is 0 Å². The Morgan fingerprint density at radius 3 is 2.33 bits per heavy atom. The molecular weight excluding hydrogens is 334 g/mol. The van der Waals surface area contributed by atoms with Crippen molar-refractivity contribution in [2.75, 3.05) is 26.1 Å². The molecule has 0 aliphatic rings. The van der Waals surface area contributed by atoms with Crippen molar-refractivity contribution in [3.63, 3.8) is 0 Å². The fraction of sp³-hybridized carbons (Fsp3) is 0.200. The first kappa shape index (κ1) is 17.7. The van der Waals surface area contributed by atoms with Gasteiger partial charge in [0.1, 0.15) is 5.75 Å². The van der Waals surface area contributed by atoms with Crippen LogP contribution in [0.25, 0.3) is 0 Å². The predicted molar refractivity (Wildman–Crippen MR) is 87.6 cm³/mol. The maximum Gasteiger partial charge on any atom is 0.241 e. The molecule has 8 nitrogen and oxygen atoms in total. The van der Waals surface area contributed by atoms with Crippen LogP contribution in [0, 0.1) is 0 Å². The van der Waals surface area contributed by atoms with Crippen LogP contribution in [-0.4, -0.2) is 40.1 Å². The minimum absolute atomic E-state index is 0.0437. The number of ether oxygens (including phenoxy) is 2. The molecule has 2 N–H and O–H groups in total. The Morgan fingerprint density at radius 2 is 1.79 bits per heavy atom. The van der Waals surface area contributed by atoms with E-state index in [-0.39, 0.29) is 4.90 Å². The van der Waals surface area contributed by atoms with Crippen molar-refractivity contribution in [1.29, 1.82) is 0 Å². The van der Waals surface area contributed by atoms with Crippen molar-refractivity contribution < 1.29 is 22.7 Å². The van der Waals surface area contributed by atoms with Crippen LogP contribution in [0.15, 0.2) is 47.5 Å². The number of anilines is 1. The van der Waals surface area contributed by atoms with Gasteiger partial charge in [-0.15, -0.1) is 0 Å². The second-order valence-electron chi connectivity index (χ2n) is 4.64. The molecule has 1 aromatic heterocycles. The first-order chi connectivity index (χ1) is 11.4. The SMILES string of the molecule is COc1ccc(S(=O)(=O)NCC(=O)Nc2ccc(OC)nc2)cc1. The van der Waals surface area contributed by atoms with E-state index in [1.807, 2.05) is 0 Å². The van der Waals surface area contributed by atoms with Crippen LogP contribution in [0.5, 0.6) is 11.6 Å². The van der Waals surface area contributed by atoms with Crippen LogP contribution in [-0.2, 0) is 14.8 Å². The first-order valence-corrected chi connectivity index (χ1v) is 8.36. The molecule has 0 bridgehead atoms. The molecule has 1 heterocycles. The zero-order chi connectivity index (χ0) is 17.6. The molecule has 0 aliphatic carbocycles. The zero-order valence-electron chi connectivity index (χ0n) is 13.1. The van der Waals surface area contributed by atoms with E-state index in [4.69, 9.17) is 9.47 Å². The Balaban J connectivity index is 1.93. The summed E-state index contributed by atoms with van der Waals surface area (Å²) in [5.74, 6) is 0.436. The van der Waals surface area contributed by atoms with E-state index in [1.165, 1.54) is 44.7 Å². The lowest BCUT2D eigenvalue weighted by Crippen LogP contribution is -2.32. The van der Waals surface area contributed by atoms with Gasteiger partial charge in [0.25, 0.3) is 0 Å². The van der Waals surface area contributed by atoms with E-state index in [0.29, 0.717) is 17.3 Å². The van der Waals surface area contributed by atoms with Crippen molar-refractivity contribution in [1.82, 2.24) is 9.71 Å². The number of carbonyl (C=O) groups is 1. The zero-order valence-corrected chi connectivity index (χ0v) is 14.0. The number of hydrogen-bond donors (Lipinski definition) is 2. The summed E-state index contributed by atoms with van der Waals surface area (Å²) in [6.45, 7) is -0.402. The minimum Gasteiger partial charge on any atom is -0.497 e. The normalized spacial score (nSPS) is 10.9. The Hall–Kier alpha value is -2.65. The summed E-state index contributed by atoms with van der Waals surface area (Å²) in [5, 5.41) is 2.53. The third-order valence-electron chi connectivity index (χ3n) is 3.02. The molecule has 0 unspecified atom stereocenters. The Labute approximate surface area is 139 Å². The van der Waals surface area contributed by atoms with E-state index in [2.05, 4.69) is 15.0 Å². The topological polar surface area (TPSA) is 107 Å². The fourth-order valence-electron chi connectivity index (χ4n) is 1.78. The number of nitrogens with zero attached hydrogens (tertiary/aromatic N) is 1. The highest BCUT2D eigenvalue weighted by Crippen LogP contribution is 2.15. The largest absolute Gasteiger partial charge is 0.497 e. The fourth-order valence-corrected chi connectivity index (χ4v) is 2.76. The molecular formula is C15H17N3O5S. The molecule has 0 saturated carbocycles. The molecule has 0 radical (unpaired) electrons. The number of pyridine rings is 1. The molecule has 2 rings (SSSR count). The number of nitrogens with one attached hydrogen (secondary N) is 2. The number of sulfonamides is 1. The van der Waals surface area contributed by atoms with Crippen molar-refractivity contribution >= 4 is 21.6 Å². The quantitative estimate of drug-likeness (QED) is 0.771. The van der Waals surface area contributed by atoms with E-state index >= 15 is 0 Å². The monoisotopic (exact) mass is 351 g/mol. The van der Waals surface area contributed by atoms with Gasteiger partial charge in [0.2, 0.25) is 21.8 Å². The molecule has 0 spiro atoms. The second kappa shape index (κ2) is 7.75. The Morgan fingerprint density at radius 1 is 1.08 bits per heavy atom. The molecule has 1 aromatic carbocycles. The number of carbonyl (C=O) groups excluding carboxylic acids is 1. The number of hydrogen-bond acceptors (Lipinski definition) is 6. The van der Waals surface area contributed by atoms with Gasteiger partial charge in [0.15, 0.2) is 0 Å². The smallest absolute Gasteiger partial charge is 0.241 e. The van der Waals surface area contributed by atoms with Crippen molar-refractivity contribution in [3.8, 4) is 11.6 Å². The van der Waals surface area contributed by atoms with Gasteiger partial charge in [-0.2, -0.15) is 0 Å². The van der Waals surface area contributed by atoms with Crippen LogP contribution < -0.4 is 19.5 Å². The molecule has 128 valence electrons. The Bertz CT molecular complexity index is 789. The van der Waals surface area contributed by atoms with Crippen LogP contribution in [0.2, 0.25) is 0 Å². The lowest BCUT2D eigenvalue weighted by atomic mass is 10.3. The molecule has 9 heteroatoms. The molecule has 0 fully saturated rings. The Kier molecular flexibility index (Phi) is 5.72. The summed E-state index contributed by atoms with van der Waals surface area (Å²) in [6, 6.07) is 9.02. The summed E-state index contributed by atoms with van der Waals surface area (Å²) < 4.78 is 36.3. The van der Waals surface area contributed by atoms with Crippen molar-refractivity contribution in [2.45, 2.75) is 4.90 Å². The standard InChI is InChI=1S/C15H17N3O5S/c1-22-12-4-6-13(7-5-12)24(20,21)17-10-14(19)18-11-3-8-15(23-2)16-9-11/h3-9,17H,10H2,1-2H3,(H,18,19). The van der Waals surface area contributed by atoms with E-state index < -0.39 is 22.5 Å². The maximum atomic E-state index is 12.1. The number of methoxy groups -OCH3 is 2. The first-order valence-electron chi connectivity index (χ1n) is 6.88. The van der Waals surface area contributed by atoms with Gasteiger partial charge in [-0.3, -0.25) is 4.79 Å². The van der Waals surface area contributed by atoms with Gasteiger partial charge in [0.05, 0.1) is 37.5 Å². The van der Waals surface area contributed by atoms with Crippen LogP contribution in [0.4, 0.5) is 5.69 Å². The third-order valence-corrected chi connectivity index (χ3v) is 4.44. The summed E-state index contributed by atoms with van der Waals surface area (Å²) in [4.78, 5) is 15.8.